The van der Waals surface area contributed by atoms with E-state index in [0.717, 1.165) is 0 Å². The van der Waals surface area contributed by atoms with Crippen molar-refractivity contribution in [2.75, 3.05) is 0 Å². The number of ether oxygens (including phenoxy) is 1. The molecule has 0 spiro atoms. The van der Waals surface area contributed by atoms with E-state index < -0.39 is 18.2 Å². The number of aromatic nitrogens is 4. The van der Waals surface area contributed by atoms with E-state index in [9.17, 15) is 18.0 Å². The van der Waals surface area contributed by atoms with Gasteiger partial charge in [-0.1, -0.05) is 0 Å². The zero-order chi connectivity index (χ0) is 9.19. The Bertz CT molecular complexity index is 268. The Morgan fingerprint density at radius 1 is 1.50 bits per heavy atom. The van der Waals surface area contributed by atoms with Crippen molar-refractivity contribution in [1.82, 2.24) is 20.6 Å². The molecule has 1 rings (SSSR count). The number of alkyl halides is 3. The minimum atomic E-state index is -5.03. The predicted octanol–water partition coefficient (Wildman–Crippen LogP) is -0.124. The maximum atomic E-state index is 11.4. The van der Waals surface area contributed by atoms with Gasteiger partial charge in [0.1, 0.15) is 0 Å². The Balaban J connectivity index is 2.63. The molecule has 0 saturated heterocycles. The Labute approximate surface area is 62.7 Å². The summed E-state index contributed by atoms with van der Waals surface area (Å²) in [6.07, 6.45) is -5.03. The summed E-state index contributed by atoms with van der Waals surface area (Å²) in [6, 6.07) is 0. The third-order valence-corrected chi connectivity index (χ3v) is 0.736. The molecule has 12 heavy (non-hydrogen) atoms. The quantitative estimate of drug-likeness (QED) is 0.612. The van der Waals surface area contributed by atoms with Crippen LogP contribution >= 0.6 is 0 Å². The largest absolute Gasteiger partial charge is 0.575 e. The zero-order valence-electron chi connectivity index (χ0n) is 5.29. The molecule has 9 heteroatoms. The zero-order valence-corrected chi connectivity index (χ0v) is 5.29. The number of aromatic amines is 1. The molecule has 0 aromatic carbocycles. The number of carbonyl (C=O) groups excluding carboxylic acids is 1. The highest BCUT2D eigenvalue weighted by atomic mass is 19.4. The second kappa shape index (κ2) is 2.75. The van der Waals surface area contributed by atoms with Gasteiger partial charge in [0, 0.05) is 0 Å². The van der Waals surface area contributed by atoms with Crippen molar-refractivity contribution in [2.24, 2.45) is 0 Å². The monoisotopic (exact) mass is 182 g/mol. The molecule has 0 amide bonds. The van der Waals surface area contributed by atoms with E-state index in [2.05, 4.69) is 20.1 Å². The first-order valence-electron chi connectivity index (χ1n) is 2.52. The van der Waals surface area contributed by atoms with E-state index in [4.69, 9.17) is 0 Å². The van der Waals surface area contributed by atoms with Gasteiger partial charge in [-0.05, 0) is 5.21 Å². The van der Waals surface area contributed by atoms with Crippen molar-refractivity contribution in [2.45, 2.75) is 6.36 Å². The van der Waals surface area contributed by atoms with Crippen LogP contribution in [0.3, 0.4) is 0 Å². The lowest BCUT2D eigenvalue weighted by Gasteiger charge is -2.03. The van der Waals surface area contributed by atoms with E-state index in [0.29, 0.717) is 0 Å². The summed E-state index contributed by atoms with van der Waals surface area (Å²) >= 11 is 0. The Morgan fingerprint density at radius 3 is 2.58 bits per heavy atom. The van der Waals surface area contributed by atoms with Gasteiger partial charge >= 0.3 is 12.3 Å². The average molecular weight is 182 g/mol. The second-order valence-corrected chi connectivity index (χ2v) is 1.57. The van der Waals surface area contributed by atoms with Crippen LogP contribution in [0.2, 0.25) is 0 Å². The van der Waals surface area contributed by atoms with E-state index in [1.165, 1.54) is 0 Å². The summed E-state index contributed by atoms with van der Waals surface area (Å²) in [5.41, 5.74) is 0. The molecular weight excluding hydrogens is 181 g/mol. The molecule has 0 bridgehead atoms. The summed E-state index contributed by atoms with van der Waals surface area (Å²) in [4.78, 5) is 10.4. The molecule has 0 aliphatic carbocycles. The van der Waals surface area contributed by atoms with Crippen LogP contribution in [0.5, 0.6) is 0 Å². The minimum absolute atomic E-state index is 0.771. The molecule has 1 N–H and O–H groups in total. The maximum Gasteiger partial charge on any atom is 0.575 e. The first-order valence-corrected chi connectivity index (χ1v) is 2.52. The molecule has 1 aromatic heterocycles. The lowest BCUT2D eigenvalue weighted by atomic mass is 10.6. The lowest BCUT2D eigenvalue weighted by molar-refractivity contribution is -0.292. The number of halogens is 3. The van der Waals surface area contributed by atoms with E-state index in [-0.39, 0.29) is 0 Å². The van der Waals surface area contributed by atoms with E-state index in [1.807, 2.05) is 5.21 Å². The van der Waals surface area contributed by atoms with Crippen molar-refractivity contribution in [3.8, 4) is 0 Å². The van der Waals surface area contributed by atoms with Crippen molar-refractivity contribution >= 4 is 5.97 Å². The number of hydrogen-bond donors (Lipinski definition) is 1. The molecule has 0 radical (unpaired) electrons. The van der Waals surface area contributed by atoms with Crippen LogP contribution in [-0.4, -0.2) is 33.0 Å². The first-order chi connectivity index (χ1) is 5.49. The van der Waals surface area contributed by atoms with Gasteiger partial charge in [0.15, 0.2) is 0 Å². The van der Waals surface area contributed by atoms with E-state index in [1.54, 1.807) is 0 Å². The number of tetrazole rings is 1. The number of H-pyrrole nitrogens is 1. The molecule has 0 fully saturated rings. The van der Waals surface area contributed by atoms with Crippen LogP contribution in [0.1, 0.15) is 10.6 Å². The van der Waals surface area contributed by atoms with Crippen molar-refractivity contribution in [1.29, 1.82) is 0 Å². The third-order valence-electron chi connectivity index (χ3n) is 0.736. The molecule has 0 unspecified atom stereocenters. The van der Waals surface area contributed by atoms with Gasteiger partial charge in [-0.2, -0.15) is 5.21 Å². The number of carbonyl (C=O) groups is 1. The standard InChI is InChI=1S/C3HF3N4O2/c4-3(5,6)12-2(11)1-7-9-10-8-1/h(H,7,8,9,10). The molecule has 0 aliphatic rings. The fourth-order valence-corrected chi connectivity index (χ4v) is 0.399. The normalized spacial score (nSPS) is 11.2. The minimum Gasteiger partial charge on any atom is -0.367 e. The second-order valence-electron chi connectivity index (χ2n) is 1.57. The van der Waals surface area contributed by atoms with Crippen LogP contribution in [0.4, 0.5) is 13.2 Å². The molecule has 1 aromatic rings. The fraction of sp³-hybridized carbons (Fsp3) is 0.333. The summed E-state index contributed by atoms with van der Waals surface area (Å²) in [5.74, 6) is -2.47. The first kappa shape index (κ1) is 8.43. The number of esters is 1. The van der Waals surface area contributed by atoms with Gasteiger partial charge in [-0.15, -0.1) is 23.4 Å². The Morgan fingerprint density at radius 2 is 2.17 bits per heavy atom. The number of nitrogens with one attached hydrogen (secondary N) is 1. The highest BCUT2D eigenvalue weighted by Gasteiger charge is 2.35. The summed E-state index contributed by atoms with van der Waals surface area (Å²) in [7, 11) is 0. The van der Waals surface area contributed by atoms with Crippen molar-refractivity contribution in [3.05, 3.63) is 5.82 Å². The lowest BCUT2D eigenvalue weighted by Crippen LogP contribution is -2.20. The third kappa shape index (κ3) is 2.18. The predicted molar refractivity (Wildman–Crippen MR) is 25.6 cm³/mol. The number of rotatable bonds is 1. The topological polar surface area (TPSA) is 80.8 Å². The summed E-state index contributed by atoms with van der Waals surface area (Å²) < 4.78 is 37.1. The van der Waals surface area contributed by atoms with Crippen molar-refractivity contribution in [3.63, 3.8) is 0 Å². The van der Waals surface area contributed by atoms with Gasteiger partial charge in [-0.3, -0.25) is 0 Å². The smallest absolute Gasteiger partial charge is 0.367 e. The summed E-state index contributed by atoms with van der Waals surface area (Å²) in [6.45, 7) is 0. The average Bonchev–Trinajstić information content (AvgIpc) is 2.32. The molecule has 1 heterocycles. The Hall–Kier alpha value is -1.67. The molecule has 0 atom stereocenters. The molecule has 0 saturated carbocycles. The van der Waals surface area contributed by atoms with Gasteiger partial charge in [0.05, 0.1) is 0 Å². The molecule has 66 valence electrons. The van der Waals surface area contributed by atoms with E-state index >= 15 is 0 Å². The van der Waals surface area contributed by atoms with Crippen LogP contribution in [0, 0.1) is 0 Å². The Kier molecular flexibility index (Phi) is 1.93. The molecule has 0 aliphatic heterocycles. The van der Waals surface area contributed by atoms with Crippen LogP contribution in [-0.2, 0) is 4.74 Å². The SMILES string of the molecule is O=C(OC(F)(F)F)c1nn[nH]n1. The highest BCUT2D eigenvalue weighted by molar-refractivity contribution is 5.84. The van der Waals surface area contributed by atoms with Gasteiger partial charge in [-0.25, -0.2) is 4.79 Å². The maximum absolute atomic E-state index is 11.4. The van der Waals surface area contributed by atoms with Crippen LogP contribution < -0.4 is 0 Å². The highest BCUT2D eigenvalue weighted by Crippen LogP contribution is 2.17. The van der Waals surface area contributed by atoms with Crippen LogP contribution in [0.15, 0.2) is 0 Å². The van der Waals surface area contributed by atoms with Crippen molar-refractivity contribution < 1.29 is 22.7 Å². The molecular formula is C3HF3N4O2. The van der Waals surface area contributed by atoms with Crippen LogP contribution in [0.25, 0.3) is 0 Å². The van der Waals surface area contributed by atoms with Gasteiger partial charge in [0.25, 0.3) is 5.82 Å². The van der Waals surface area contributed by atoms with Gasteiger partial charge in [0.2, 0.25) is 0 Å². The van der Waals surface area contributed by atoms with Gasteiger partial charge < -0.3 is 4.74 Å². The number of nitrogens with zero attached hydrogens (tertiary/aromatic N) is 3. The molecule has 6 nitrogen and oxygen atoms in total. The fourth-order valence-electron chi connectivity index (χ4n) is 0.399. The summed E-state index contributed by atoms with van der Waals surface area (Å²) in [5, 5.41) is 10.6. The number of hydrogen-bond acceptors (Lipinski definition) is 5.